The van der Waals surface area contributed by atoms with Crippen molar-refractivity contribution >= 4 is 5.91 Å². The van der Waals surface area contributed by atoms with Gasteiger partial charge in [0.05, 0.1) is 5.92 Å². The first-order valence-corrected chi connectivity index (χ1v) is 6.98. The van der Waals surface area contributed by atoms with Crippen molar-refractivity contribution in [2.45, 2.75) is 40.0 Å². The number of ether oxygens (including phenoxy) is 1. The third kappa shape index (κ3) is 5.83. The second-order valence-corrected chi connectivity index (χ2v) is 6.50. The lowest BCUT2D eigenvalue weighted by atomic mass is 9.84. The zero-order valence-electron chi connectivity index (χ0n) is 12.0. The van der Waals surface area contributed by atoms with Gasteiger partial charge in [-0.15, -0.1) is 0 Å². The van der Waals surface area contributed by atoms with Gasteiger partial charge in [-0.1, -0.05) is 20.8 Å². The molecule has 0 bridgehead atoms. The Bertz CT molecular complexity index is 255. The molecule has 1 aliphatic rings. The molecule has 3 N–H and O–H groups in total. The van der Waals surface area contributed by atoms with E-state index >= 15 is 0 Å². The molecule has 0 spiro atoms. The molecular formula is C14H28N2O2. The summed E-state index contributed by atoms with van der Waals surface area (Å²) in [6.45, 7) is 9.26. The van der Waals surface area contributed by atoms with Crippen LogP contribution in [-0.4, -0.2) is 32.2 Å². The van der Waals surface area contributed by atoms with Gasteiger partial charge in [-0.25, -0.2) is 0 Å². The number of carbonyl (C=O) groups is 1. The summed E-state index contributed by atoms with van der Waals surface area (Å²) < 4.78 is 5.31. The van der Waals surface area contributed by atoms with E-state index in [0.717, 1.165) is 39.0 Å². The van der Waals surface area contributed by atoms with E-state index in [0.29, 0.717) is 12.5 Å². The van der Waals surface area contributed by atoms with Crippen LogP contribution in [0.1, 0.15) is 40.0 Å². The van der Waals surface area contributed by atoms with Crippen molar-refractivity contribution in [1.82, 2.24) is 5.32 Å². The molecule has 4 heteroatoms. The van der Waals surface area contributed by atoms with Crippen LogP contribution in [0.2, 0.25) is 0 Å². The Morgan fingerprint density at radius 2 is 2.00 bits per heavy atom. The lowest BCUT2D eigenvalue weighted by Gasteiger charge is -2.26. The molecule has 1 aliphatic heterocycles. The molecule has 18 heavy (non-hydrogen) atoms. The van der Waals surface area contributed by atoms with Gasteiger partial charge in [0, 0.05) is 26.3 Å². The topological polar surface area (TPSA) is 64.4 Å². The average molecular weight is 256 g/mol. The van der Waals surface area contributed by atoms with E-state index in [9.17, 15) is 4.79 Å². The van der Waals surface area contributed by atoms with Gasteiger partial charge < -0.3 is 15.8 Å². The summed E-state index contributed by atoms with van der Waals surface area (Å²) in [6.07, 6.45) is 2.93. The van der Waals surface area contributed by atoms with Crippen LogP contribution in [-0.2, 0) is 9.53 Å². The molecule has 1 saturated heterocycles. The number of nitrogens with one attached hydrogen (secondary N) is 1. The molecule has 0 aliphatic carbocycles. The van der Waals surface area contributed by atoms with Crippen LogP contribution in [0, 0.1) is 17.3 Å². The second-order valence-electron chi connectivity index (χ2n) is 6.50. The number of amides is 1. The molecule has 0 saturated carbocycles. The number of carbonyl (C=O) groups excluding carboxylic acids is 1. The van der Waals surface area contributed by atoms with E-state index in [4.69, 9.17) is 10.5 Å². The monoisotopic (exact) mass is 256 g/mol. The summed E-state index contributed by atoms with van der Waals surface area (Å²) in [5.74, 6) is 0.611. The fourth-order valence-corrected chi connectivity index (χ4v) is 2.36. The molecule has 0 aromatic rings. The van der Waals surface area contributed by atoms with Gasteiger partial charge in [0.25, 0.3) is 0 Å². The number of nitrogens with two attached hydrogens (primary N) is 1. The highest BCUT2D eigenvalue weighted by Crippen LogP contribution is 2.24. The van der Waals surface area contributed by atoms with Gasteiger partial charge in [-0.2, -0.15) is 0 Å². The van der Waals surface area contributed by atoms with E-state index in [1.165, 1.54) is 0 Å². The van der Waals surface area contributed by atoms with Crippen LogP contribution in [0.15, 0.2) is 0 Å². The van der Waals surface area contributed by atoms with Gasteiger partial charge in [-0.3, -0.25) is 4.79 Å². The molecule has 0 radical (unpaired) electrons. The predicted molar refractivity (Wildman–Crippen MR) is 73.2 cm³/mol. The molecule has 1 heterocycles. The minimum atomic E-state index is -0.0650. The highest BCUT2D eigenvalue weighted by atomic mass is 16.5. The molecule has 0 aromatic heterocycles. The van der Waals surface area contributed by atoms with Gasteiger partial charge in [0.2, 0.25) is 5.91 Å². The van der Waals surface area contributed by atoms with Gasteiger partial charge in [0.15, 0.2) is 0 Å². The van der Waals surface area contributed by atoms with Crippen molar-refractivity contribution in [3.63, 3.8) is 0 Å². The second kappa shape index (κ2) is 7.10. The summed E-state index contributed by atoms with van der Waals surface area (Å²) in [5.41, 5.74) is 5.85. The number of hydrogen-bond acceptors (Lipinski definition) is 3. The first kappa shape index (κ1) is 15.4. The van der Waals surface area contributed by atoms with Crippen LogP contribution >= 0.6 is 0 Å². The van der Waals surface area contributed by atoms with Crippen molar-refractivity contribution in [2.75, 3.05) is 26.3 Å². The Hall–Kier alpha value is -0.610. The summed E-state index contributed by atoms with van der Waals surface area (Å²) in [5, 5.41) is 3.05. The van der Waals surface area contributed by atoms with Gasteiger partial charge in [-0.05, 0) is 30.6 Å². The zero-order valence-corrected chi connectivity index (χ0v) is 12.0. The Morgan fingerprint density at radius 1 is 1.39 bits per heavy atom. The first-order chi connectivity index (χ1) is 8.42. The number of hydrogen-bond donors (Lipinski definition) is 2. The molecule has 1 amide bonds. The molecule has 1 rings (SSSR count). The van der Waals surface area contributed by atoms with Crippen molar-refractivity contribution in [3.05, 3.63) is 0 Å². The maximum absolute atomic E-state index is 12.1. The van der Waals surface area contributed by atoms with Crippen LogP contribution in [0.4, 0.5) is 0 Å². The number of rotatable bonds is 5. The lowest BCUT2D eigenvalue weighted by Crippen LogP contribution is -2.40. The average Bonchev–Trinajstić information content (AvgIpc) is 2.33. The van der Waals surface area contributed by atoms with Crippen LogP contribution in [0.25, 0.3) is 0 Å². The third-order valence-corrected chi connectivity index (χ3v) is 3.42. The smallest absolute Gasteiger partial charge is 0.224 e. The first-order valence-electron chi connectivity index (χ1n) is 6.98. The lowest BCUT2D eigenvalue weighted by molar-refractivity contribution is -0.126. The highest BCUT2D eigenvalue weighted by Gasteiger charge is 2.24. The summed E-state index contributed by atoms with van der Waals surface area (Å²) >= 11 is 0. The molecule has 1 unspecified atom stereocenters. The van der Waals surface area contributed by atoms with Gasteiger partial charge in [0.1, 0.15) is 0 Å². The standard InChI is InChI=1S/C14H28N2O2/c1-14(2,3)8-12(9-15)13(17)16-10-11-4-6-18-7-5-11/h11-12H,4-10,15H2,1-3H3,(H,16,17). The molecule has 106 valence electrons. The molecule has 4 nitrogen and oxygen atoms in total. The maximum atomic E-state index is 12.1. The summed E-state index contributed by atoms with van der Waals surface area (Å²) in [6, 6.07) is 0. The zero-order chi connectivity index (χ0) is 13.6. The van der Waals surface area contributed by atoms with Crippen LogP contribution in [0.3, 0.4) is 0 Å². The van der Waals surface area contributed by atoms with Crippen LogP contribution < -0.4 is 11.1 Å². The minimum absolute atomic E-state index is 0.0650. The fourth-order valence-electron chi connectivity index (χ4n) is 2.36. The largest absolute Gasteiger partial charge is 0.381 e. The minimum Gasteiger partial charge on any atom is -0.381 e. The Morgan fingerprint density at radius 3 is 2.50 bits per heavy atom. The normalized spacial score (nSPS) is 19.6. The SMILES string of the molecule is CC(C)(C)CC(CN)C(=O)NCC1CCOCC1. The molecule has 0 aromatic carbocycles. The van der Waals surface area contributed by atoms with E-state index < -0.39 is 0 Å². The fraction of sp³-hybridized carbons (Fsp3) is 0.929. The summed E-state index contributed by atoms with van der Waals surface area (Å²) in [4.78, 5) is 12.1. The Labute approximate surface area is 111 Å². The van der Waals surface area contributed by atoms with Crippen LogP contribution in [0.5, 0.6) is 0 Å². The third-order valence-electron chi connectivity index (χ3n) is 3.42. The molecule has 1 atom stereocenters. The Balaban J connectivity index is 2.32. The van der Waals surface area contributed by atoms with Crippen molar-refractivity contribution in [1.29, 1.82) is 0 Å². The van der Waals surface area contributed by atoms with E-state index in [-0.39, 0.29) is 17.2 Å². The Kier molecular flexibility index (Phi) is 6.09. The predicted octanol–water partition coefficient (Wildman–Crippen LogP) is 1.54. The van der Waals surface area contributed by atoms with Crippen molar-refractivity contribution < 1.29 is 9.53 Å². The molecular weight excluding hydrogens is 228 g/mol. The highest BCUT2D eigenvalue weighted by molar-refractivity contribution is 5.78. The van der Waals surface area contributed by atoms with E-state index in [1.54, 1.807) is 0 Å². The van der Waals surface area contributed by atoms with E-state index in [1.807, 2.05) is 0 Å². The maximum Gasteiger partial charge on any atom is 0.224 e. The van der Waals surface area contributed by atoms with Crippen molar-refractivity contribution in [3.8, 4) is 0 Å². The van der Waals surface area contributed by atoms with Gasteiger partial charge >= 0.3 is 0 Å². The quantitative estimate of drug-likeness (QED) is 0.784. The van der Waals surface area contributed by atoms with Crippen molar-refractivity contribution in [2.24, 2.45) is 23.0 Å². The molecule has 1 fully saturated rings. The summed E-state index contributed by atoms with van der Waals surface area (Å²) in [7, 11) is 0. The van der Waals surface area contributed by atoms with E-state index in [2.05, 4.69) is 26.1 Å².